The Morgan fingerprint density at radius 3 is 2.25 bits per heavy atom. The van der Waals surface area contributed by atoms with Crippen LogP contribution in [-0.4, -0.2) is 6.54 Å². The standard InChI is InChI=1S/C6H10N2/c7-4-6(5-8)2-1-3-6/h1-4,7H2. The first kappa shape index (κ1) is 5.58. The fourth-order valence-corrected chi connectivity index (χ4v) is 0.965. The second kappa shape index (κ2) is 1.75. The fraction of sp³-hybridized carbons (Fsp3) is 0.833. The van der Waals surface area contributed by atoms with Crippen molar-refractivity contribution in [1.82, 2.24) is 0 Å². The first-order chi connectivity index (χ1) is 3.83. The van der Waals surface area contributed by atoms with Crippen LogP contribution in [0.15, 0.2) is 0 Å². The number of nitriles is 1. The summed E-state index contributed by atoms with van der Waals surface area (Å²) in [4.78, 5) is 0. The number of hydrogen-bond donors (Lipinski definition) is 1. The third kappa shape index (κ3) is 0.597. The second-order valence-electron chi connectivity index (χ2n) is 2.45. The molecular formula is C6H10N2. The molecule has 0 aromatic rings. The highest BCUT2D eigenvalue weighted by Crippen LogP contribution is 2.38. The van der Waals surface area contributed by atoms with Crippen LogP contribution in [0.5, 0.6) is 0 Å². The van der Waals surface area contributed by atoms with E-state index in [2.05, 4.69) is 6.07 Å². The lowest BCUT2D eigenvalue weighted by Crippen LogP contribution is -2.35. The van der Waals surface area contributed by atoms with Crippen LogP contribution in [-0.2, 0) is 0 Å². The summed E-state index contributed by atoms with van der Waals surface area (Å²) in [5.74, 6) is 0. The molecule has 0 amide bonds. The molecule has 0 spiro atoms. The molecule has 1 rings (SSSR count). The maximum atomic E-state index is 8.51. The van der Waals surface area contributed by atoms with Crippen molar-refractivity contribution in [2.75, 3.05) is 6.54 Å². The van der Waals surface area contributed by atoms with Crippen molar-refractivity contribution in [3.63, 3.8) is 0 Å². The second-order valence-corrected chi connectivity index (χ2v) is 2.45. The van der Waals surface area contributed by atoms with E-state index in [1.54, 1.807) is 0 Å². The van der Waals surface area contributed by atoms with Crippen molar-refractivity contribution in [2.45, 2.75) is 19.3 Å². The van der Waals surface area contributed by atoms with Crippen molar-refractivity contribution in [2.24, 2.45) is 11.1 Å². The van der Waals surface area contributed by atoms with E-state index in [-0.39, 0.29) is 5.41 Å². The molecule has 0 aliphatic heterocycles. The monoisotopic (exact) mass is 110 g/mol. The van der Waals surface area contributed by atoms with Crippen LogP contribution in [0.2, 0.25) is 0 Å². The van der Waals surface area contributed by atoms with Crippen molar-refractivity contribution in [1.29, 1.82) is 5.26 Å². The lowest BCUT2D eigenvalue weighted by molar-refractivity contribution is 0.226. The number of hydrogen-bond acceptors (Lipinski definition) is 2. The Kier molecular flexibility index (Phi) is 1.22. The van der Waals surface area contributed by atoms with E-state index in [4.69, 9.17) is 11.0 Å². The summed E-state index contributed by atoms with van der Waals surface area (Å²) in [6.45, 7) is 0.545. The Bertz CT molecular complexity index is 113. The predicted molar refractivity (Wildman–Crippen MR) is 31.0 cm³/mol. The Hall–Kier alpha value is -0.550. The predicted octanol–water partition coefficient (Wildman–Crippen LogP) is 0.639. The SMILES string of the molecule is N#CC1(CN)CCC1. The molecule has 0 saturated heterocycles. The van der Waals surface area contributed by atoms with Crippen LogP contribution in [0.1, 0.15) is 19.3 Å². The summed E-state index contributed by atoms with van der Waals surface area (Å²) in [5, 5.41) is 8.51. The van der Waals surface area contributed by atoms with Gasteiger partial charge in [-0.05, 0) is 12.8 Å². The molecule has 1 saturated carbocycles. The molecule has 0 aromatic carbocycles. The summed E-state index contributed by atoms with van der Waals surface area (Å²) < 4.78 is 0. The molecule has 0 aromatic heterocycles. The number of nitrogens with zero attached hydrogens (tertiary/aromatic N) is 1. The maximum Gasteiger partial charge on any atom is 0.0703 e. The van der Waals surface area contributed by atoms with Gasteiger partial charge >= 0.3 is 0 Å². The molecule has 8 heavy (non-hydrogen) atoms. The molecule has 2 heteroatoms. The highest BCUT2D eigenvalue weighted by molar-refractivity contribution is 5.05. The molecular weight excluding hydrogens is 100 g/mol. The maximum absolute atomic E-state index is 8.51. The summed E-state index contributed by atoms with van der Waals surface area (Å²) in [5.41, 5.74) is 5.25. The van der Waals surface area contributed by atoms with Crippen LogP contribution < -0.4 is 5.73 Å². The minimum Gasteiger partial charge on any atom is -0.329 e. The van der Waals surface area contributed by atoms with Crippen LogP contribution in [0.3, 0.4) is 0 Å². The van der Waals surface area contributed by atoms with Crippen molar-refractivity contribution in [3.8, 4) is 6.07 Å². The molecule has 0 radical (unpaired) electrons. The van der Waals surface area contributed by atoms with Gasteiger partial charge in [-0.15, -0.1) is 0 Å². The average molecular weight is 110 g/mol. The highest BCUT2D eigenvalue weighted by Gasteiger charge is 2.35. The molecule has 0 heterocycles. The summed E-state index contributed by atoms with van der Waals surface area (Å²) in [6, 6.07) is 2.24. The van der Waals surface area contributed by atoms with E-state index in [0.717, 1.165) is 12.8 Å². The lowest BCUT2D eigenvalue weighted by atomic mass is 9.70. The van der Waals surface area contributed by atoms with Gasteiger partial charge in [-0.3, -0.25) is 0 Å². The summed E-state index contributed by atoms with van der Waals surface area (Å²) >= 11 is 0. The fourth-order valence-electron chi connectivity index (χ4n) is 0.965. The quantitative estimate of drug-likeness (QED) is 0.538. The topological polar surface area (TPSA) is 49.8 Å². The molecule has 0 unspecified atom stereocenters. The van der Waals surface area contributed by atoms with Crippen LogP contribution in [0, 0.1) is 16.7 Å². The number of nitrogens with two attached hydrogens (primary N) is 1. The molecule has 1 aliphatic carbocycles. The van der Waals surface area contributed by atoms with Crippen LogP contribution >= 0.6 is 0 Å². The van der Waals surface area contributed by atoms with E-state index in [9.17, 15) is 0 Å². The van der Waals surface area contributed by atoms with Gasteiger partial charge in [0.05, 0.1) is 11.5 Å². The normalized spacial score (nSPS) is 23.5. The molecule has 44 valence electrons. The van der Waals surface area contributed by atoms with Gasteiger partial charge < -0.3 is 5.73 Å². The molecule has 1 fully saturated rings. The third-order valence-corrected chi connectivity index (χ3v) is 1.94. The zero-order valence-electron chi connectivity index (χ0n) is 4.85. The van der Waals surface area contributed by atoms with E-state index in [0.29, 0.717) is 6.54 Å². The summed E-state index contributed by atoms with van der Waals surface area (Å²) in [6.07, 6.45) is 3.21. The van der Waals surface area contributed by atoms with Gasteiger partial charge in [0, 0.05) is 6.54 Å². The molecule has 0 atom stereocenters. The van der Waals surface area contributed by atoms with Gasteiger partial charge in [0.1, 0.15) is 0 Å². The first-order valence-electron chi connectivity index (χ1n) is 2.94. The minimum absolute atomic E-state index is 0.111. The van der Waals surface area contributed by atoms with E-state index in [1.165, 1.54) is 6.42 Å². The Morgan fingerprint density at radius 1 is 1.62 bits per heavy atom. The zero-order chi connectivity index (χ0) is 6.04. The molecule has 2 nitrogen and oxygen atoms in total. The van der Waals surface area contributed by atoms with Gasteiger partial charge in [-0.25, -0.2) is 0 Å². The van der Waals surface area contributed by atoms with E-state index >= 15 is 0 Å². The van der Waals surface area contributed by atoms with Gasteiger partial charge in [0.25, 0.3) is 0 Å². The van der Waals surface area contributed by atoms with Gasteiger partial charge in [0.2, 0.25) is 0 Å². The smallest absolute Gasteiger partial charge is 0.0703 e. The lowest BCUT2D eigenvalue weighted by Gasteiger charge is -2.33. The third-order valence-electron chi connectivity index (χ3n) is 1.94. The van der Waals surface area contributed by atoms with Crippen LogP contribution in [0.4, 0.5) is 0 Å². The zero-order valence-corrected chi connectivity index (χ0v) is 4.85. The van der Waals surface area contributed by atoms with Crippen molar-refractivity contribution in [3.05, 3.63) is 0 Å². The first-order valence-corrected chi connectivity index (χ1v) is 2.94. The molecule has 2 N–H and O–H groups in total. The molecule has 0 bridgehead atoms. The number of rotatable bonds is 1. The Balaban J connectivity index is 2.49. The van der Waals surface area contributed by atoms with E-state index in [1.807, 2.05) is 0 Å². The molecule has 1 aliphatic rings. The summed E-state index contributed by atoms with van der Waals surface area (Å²) in [7, 11) is 0. The largest absolute Gasteiger partial charge is 0.329 e. The van der Waals surface area contributed by atoms with E-state index < -0.39 is 0 Å². The average Bonchev–Trinajstić information content (AvgIpc) is 1.67. The van der Waals surface area contributed by atoms with Gasteiger partial charge in [-0.1, -0.05) is 6.42 Å². The Morgan fingerprint density at radius 2 is 2.25 bits per heavy atom. The van der Waals surface area contributed by atoms with Gasteiger partial charge in [0.15, 0.2) is 0 Å². The van der Waals surface area contributed by atoms with Crippen molar-refractivity contribution < 1.29 is 0 Å². The highest BCUT2D eigenvalue weighted by atomic mass is 14.6. The van der Waals surface area contributed by atoms with Crippen molar-refractivity contribution >= 4 is 0 Å². The van der Waals surface area contributed by atoms with Gasteiger partial charge in [-0.2, -0.15) is 5.26 Å². The Labute approximate surface area is 49.3 Å². The minimum atomic E-state index is -0.111. The van der Waals surface area contributed by atoms with Crippen LogP contribution in [0.25, 0.3) is 0 Å².